The van der Waals surface area contributed by atoms with Crippen molar-refractivity contribution in [3.8, 4) is 0 Å². The summed E-state index contributed by atoms with van der Waals surface area (Å²) in [6, 6.07) is 0. The summed E-state index contributed by atoms with van der Waals surface area (Å²) in [5, 5.41) is 9.42. The van der Waals surface area contributed by atoms with E-state index in [0.717, 1.165) is 0 Å². The fraction of sp³-hybridized carbons (Fsp3) is 1.00. The fourth-order valence-electron chi connectivity index (χ4n) is 0.676. The van der Waals surface area contributed by atoms with E-state index in [4.69, 9.17) is 20.5 Å². The minimum Gasteiger partial charge on any atom is -0.374 e. The lowest BCUT2D eigenvalue weighted by Crippen LogP contribution is -2.24. The van der Waals surface area contributed by atoms with Crippen molar-refractivity contribution in [2.45, 2.75) is 0 Å². The first-order valence-corrected chi connectivity index (χ1v) is 4.29. The molecule has 0 heterocycles. The lowest BCUT2D eigenvalue weighted by molar-refractivity contribution is 0.127. The van der Waals surface area contributed by atoms with Crippen LogP contribution >= 0.6 is 0 Å². The fourth-order valence-corrected chi connectivity index (χ4v) is 0.676. The molecule has 0 saturated heterocycles. The Morgan fingerprint density at radius 2 is 1.40 bits per heavy atom. The van der Waals surface area contributed by atoms with E-state index in [1.165, 1.54) is 0 Å². The van der Waals surface area contributed by atoms with Crippen LogP contribution in [-0.4, -0.2) is 39.8 Å². The van der Waals surface area contributed by atoms with Crippen LogP contribution in [0.15, 0.2) is 10.2 Å². The molecule has 0 rings (SSSR count). The summed E-state index contributed by atoms with van der Waals surface area (Å²) in [5.74, 6) is 0. The molecule has 0 atom stereocenters. The summed E-state index contributed by atoms with van der Waals surface area (Å²) in [5.41, 5.74) is 15.8. The zero-order chi connectivity index (χ0) is 11.2. The molecular weight excluding hydrogens is 202 g/mol. The number of hydrogen-bond acceptors (Lipinski definition) is 5. The van der Waals surface area contributed by atoms with Gasteiger partial charge in [0.1, 0.15) is 13.5 Å². The van der Waals surface area contributed by atoms with Crippen LogP contribution in [0.25, 0.3) is 20.9 Å². The van der Waals surface area contributed by atoms with E-state index >= 15 is 0 Å². The molecule has 0 aliphatic heterocycles. The topological polar surface area (TPSA) is 128 Å². The Morgan fingerprint density at radius 3 is 1.80 bits per heavy atom. The Balaban J connectivity index is 2.98. The van der Waals surface area contributed by atoms with Gasteiger partial charge in [0.2, 0.25) is 0 Å². The number of rotatable bonds is 10. The van der Waals surface area contributed by atoms with Crippen molar-refractivity contribution in [3.63, 3.8) is 0 Å². The first-order valence-electron chi connectivity index (χ1n) is 4.29. The van der Waals surface area contributed by atoms with Crippen molar-refractivity contribution in [2.24, 2.45) is 10.2 Å². The van der Waals surface area contributed by atoms with Crippen LogP contribution in [0.2, 0.25) is 0 Å². The average molecular weight is 215 g/mol. The van der Waals surface area contributed by atoms with E-state index in [9.17, 15) is 0 Å². The molecule has 15 heavy (non-hydrogen) atoms. The first kappa shape index (κ1) is 13.5. The average Bonchev–Trinajstić information content (AvgIpc) is 2.26. The highest BCUT2D eigenvalue weighted by atomic mass is 16.5. The molecule has 0 amide bonds. The second-order valence-electron chi connectivity index (χ2n) is 2.29. The standard InChI is InChI=1S/C6H13N7O2/c7-12-10-5-14-3-1-9-2-4-15-6-11-13-8/h9H,1-6H2. The normalized spacial score (nSPS) is 9.07. The number of nitrogens with one attached hydrogen (secondary N) is 1. The molecule has 0 radical (unpaired) electrons. The Bertz CT molecular complexity index is 210. The van der Waals surface area contributed by atoms with Gasteiger partial charge in [0.25, 0.3) is 0 Å². The number of azide groups is 2. The van der Waals surface area contributed by atoms with Gasteiger partial charge in [-0.1, -0.05) is 10.2 Å². The minimum atomic E-state index is 0.0472. The van der Waals surface area contributed by atoms with Crippen molar-refractivity contribution in [2.75, 3.05) is 39.8 Å². The quantitative estimate of drug-likeness (QED) is 0.254. The first-order chi connectivity index (χ1) is 7.41. The molecule has 84 valence electrons. The van der Waals surface area contributed by atoms with Crippen LogP contribution in [0.3, 0.4) is 0 Å². The zero-order valence-electron chi connectivity index (χ0n) is 8.24. The summed E-state index contributed by atoms with van der Waals surface area (Å²) in [7, 11) is 0. The lowest BCUT2D eigenvalue weighted by atomic mass is 10.6. The molecule has 1 N–H and O–H groups in total. The largest absolute Gasteiger partial charge is 0.374 e. The van der Waals surface area contributed by atoms with Gasteiger partial charge in [-0.05, 0) is 11.1 Å². The molecule has 0 bridgehead atoms. The van der Waals surface area contributed by atoms with E-state index in [-0.39, 0.29) is 13.5 Å². The van der Waals surface area contributed by atoms with Gasteiger partial charge >= 0.3 is 0 Å². The van der Waals surface area contributed by atoms with Crippen LogP contribution in [0, 0.1) is 0 Å². The van der Waals surface area contributed by atoms with E-state index in [1.807, 2.05) is 0 Å². The molecule has 0 aromatic rings. The van der Waals surface area contributed by atoms with Crippen molar-refractivity contribution >= 4 is 0 Å². The van der Waals surface area contributed by atoms with Gasteiger partial charge in [0.15, 0.2) is 0 Å². The molecule has 0 fully saturated rings. The lowest BCUT2D eigenvalue weighted by Gasteiger charge is -2.03. The molecule has 9 nitrogen and oxygen atoms in total. The Kier molecular flexibility index (Phi) is 11.2. The van der Waals surface area contributed by atoms with Gasteiger partial charge in [-0.25, -0.2) is 0 Å². The minimum absolute atomic E-state index is 0.0472. The predicted octanol–water partition coefficient (Wildman–Crippen LogP) is 1.14. The molecular formula is C6H13N7O2. The molecule has 0 aliphatic rings. The molecule has 0 aromatic carbocycles. The summed E-state index contributed by atoms with van der Waals surface area (Å²) in [4.78, 5) is 5.06. The summed E-state index contributed by atoms with van der Waals surface area (Å²) in [6.45, 7) is 2.32. The van der Waals surface area contributed by atoms with Crippen LogP contribution in [0.1, 0.15) is 0 Å². The monoisotopic (exact) mass is 215 g/mol. The van der Waals surface area contributed by atoms with Crippen LogP contribution < -0.4 is 5.32 Å². The number of ether oxygens (including phenoxy) is 2. The Hall–Kier alpha value is -1.50. The maximum atomic E-state index is 7.92. The maximum absolute atomic E-state index is 7.92. The van der Waals surface area contributed by atoms with Crippen molar-refractivity contribution in [1.29, 1.82) is 0 Å². The van der Waals surface area contributed by atoms with E-state index < -0.39 is 0 Å². The van der Waals surface area contributed by atoms with Gasteiger partial charge in [-0.15, -0.1) is 0 Å². The van der Waals surface area contributed by atoms with E-state index in [0.29, 0.717) is 26.3 Å². The summed E-state index contributed by atoms with van der Waals surface area (Å²) in [6.07, 6.45) is 0. The van der Waals surface area contributed by atoms with Crippen LogP contribution in [0.4, 0.5) is 0 Å². The van der Waals surface area contributed by atoms with Crippen molar-refractivity contribution in [3.05, 3.63) is 20.9 Å². The SMILES string of the molecule is [N-]=[N+]=NCOCCNCCOCN=[N+]=[N-]. The highest BCUT2D eigenvalue weighted by molar-refractivity contribution is 4.45. The third-order valence-corrected chi connectivity index (χ3v) is 1.27. The Labute approximate surface area is 86.6 Å². The van der Waals surface area contributed by atoms with E-state index in [1.54, 1.807) is 0 Å². The van der Waals surface area contributed by atoms with Crippen molar-refractivity contribution < 1.29 is 9.47 Å². The van der Waals surface area contributed by atoms with E-state index in [2.05, 4.69) is 25.4 Å². The van der Waals surface area contributed by atoms with Crippen LogP contribution in [-0.2, 0) is 9.47 Å². The second kappa shape index (κ2) is 12.5. The van der Waals surface area contributed by atoms with Gasteiger partial charge in [-0.2, -0.15) is 0 Å². The molecule has 0 unspecified atom stereocenters. The third-order valence-electron chi connectivity index (χ3n) is 1.27. The molecule has 9 heteroatoms. The van der Waals surface area contributed by atoms with Gasteiger partial charge in [0.05, 0.1) is 13.2 Å². The Morgan fingerprint density at radius 1 is 0.933 bits per heavy atom. The van der Waals surface area contributed by atoms with Gasteiger partial charge in [0, 0.05) is 22.9 Å². The zero-order valence-corrected chi connectivity index (χ0v) is 8.24. The highest BCUT2D eigenvalue weighted by Gasteiger charge is 1.88. The number of nitrogens with zero attached hydrogens (tertiary/aromatic N) is 6. The third kappa shape index (κ3) is 12.5. The summed E-state index contributed by atoms with van der Waals surface area (Å²) >= 11 is 0. The van der Waals surface area contributed by atoms with Crippen molar-refractivity contribution in [1.82, 2.24) is 5.32 Å². The second-order valence-corrected chi connectivity index (χ2v) is 2.29. The summed E-state index contributed by atoms with van der Waals surface area (Å²) < 4.78 is 9.86. The number of hydrogen-bond donors (Lipinski definition) is 1. The smallest absolute Gasteiger partial charge is 0.125 e. The molecule has 0 aromatic heterocycles. The van der Waals surface area contributed by atoms with Gasteiger partial charge < -0.3 is 14.8 Å². The van der Waals surface area contributed by atoms with Crippen LogP contribution in [0.5, 0.6) is 0 Å². The maximum Gasteiger partial charge on any atom is 0.125 e. The predicted molar refractivity (Wildman–Crippen MR) is 52.8 cm³/mol. The highest BCUT2D eigenvalue weighted by Crippen LogP contribution is 1.77. The molecule has 0 saturated carbocycles. The van der Waals surface area contributed by atoms with Gasteiger partial charge in [-0.3, -0.25) is 0 Å². The molecule has 0 spiro atoms. The molecule has 0 aliphatic carbocycles.